The van der Waals surface area contributed by atoms with Crippen molar-refractivity contribution in [1.29, 1.82) is 0 Å². The van der Waals surface area contributed by atoms with Crippen LogP contribution in [-0.2, 0) is 0 Å². The van der Waals surface area contributed by atoms with Gasteiger partial charge in [-0.25, -0.2) is 9.97 Å². The first-order chi connectivity index (χ1) is 12.5. The maximum Gasteiger partial charge on any atom is 0.258 e. The summed E-state index contributed by atoms with van der Waals surface area (Å²) < 4.78 is 5.29. The minimum Gasteiger partial charge on any atom is -0.495 e. The molecule has 0 bridgehead atoms. The van der Waals surface area contributed by atoms with Gasteiger partial charge in [0.1, 0.15) is 5.75 Å². The van der Waals surface area contributed by atoms with E-state index in [0.29, 0.717) is 28.0 Å². The molecule has 7 heteroatoms. The van der Waals surface area contributed by atoms with Gasteiger partial charge in [-0.05, 0) is 37.3 Å². The number of aromatic nitrogens is 2. The number of rotatable bonds is 4. The summed E-state index contributed by atoms with van der Waals surface area (Å²) in [7, 11) is 1.54. The monoisotopic (exact) mass is 374 g/mol. The average molecular weight is 375 g/mol. The molecule has 1 aliphatic rings. The quantitative estimate of drug-likeness (QED) is 0.878. The number of halogens is 1. The van der Waals surface area contributed by atoms with E-state index in [2.05, 4.69) is 27.1 Å². The van der Waals surface area contributed by atoms with Gasteiger partial charge in [-0.15, -0.1) is 0 Å². The summed E-state index contributed by atoms with van der Waals surface area (Å²) in [5.41, 5.74) is 1.82. The third kappa shape index (κ3) is 4.07. The van der Waals surface area contributed by atoms with E-state index >= 15 is 0 Å². The summed E-state index contributed by atoms with van der Waals surface area (Å²) in [6.45, 7) is 6.04. The number of nitrogens with one attached hydrogen (secondary N) is 1. The number of aryl methyl sites for hydroxylation is 1. The van der Waals surface area contributed by atoms with E-state index in [1.165, 1.54) is 7.11 Å². The second-order valence-electron chi connectivity index (χ2n) is 6.70. The van der Waals surface area contributed by atoms with Crippen LogP contribution in [0.1, 0.15) is 35.7 Å². The zero-order valence-electron chi connectivity index (χ0n) is 15.3. The topological polar surface area (TPSA) is 67.3 Å². The van der Waals surface area contributed by atoms with E-state index in [0.717, 1.165) is 37.4 Å². The smallest absolute Gasteiger partial charge is 0.258 e. The fourth-order valence-electron chi connectivity index (χ4n) is 2.93. The van der Waals surface area contributed by atoms with E-state index in [1.54, 1.807) is 24.5 Å². The molecule has 0 radical (unpaired) electrons. The Morgan fingerprint density at radius 1 is 1.27 bits per heavy atom. The SMILES string of the molecule is COc1cc(Cl)c(C)cc1NC(=O)c1cnc(N2CCC(C)CC2)nc1. The largest absolute Gasteiger partial charge is 0.495 e. The zero-order chi connectivity index (χ0) is 18.7. The van der Waals surface area contributed by atoms with E-state index < -0.39 is 0 Å². The van der Waals surface area contributed by atoms with Crippen LogP contribution in [0.2, 0.25) is 5.02 Å². The lowest BCUT2D eigenvalue weighted by Gasteiger charge is -2.30. The molecule has 3 rings (SSSR count). The molecule has 1 fully saturated rings. The summed E-state index contributed by atoms with van der Waals surface area (Å²) in [5.74, 6) is 1.64. The highest BCUT2D eigenvalue weighted by molar-refractivity contribution is 6.31. The summed E-state index contributed by atoms with van der Waals surface area (Å²) in [5, 5.41) is 3.42. The van der Waals surface area contributed by atoms with E-state index in [4.69, 9.17) is 16.3 Å². The molecule has 138 valence electrons. The van der Waals surface area contributed by atoms with Gasteiger partial charge >= 0.3 is 0 Å². The van der Waals surface area contributed by atoms with Gasteiger partial charge in [-0.2, -0.15) is 0 Å². The van der Waals surface area contributed by atoms with Gasteiger partial charge in [0.2, 0.25) is 5.95 Å². The summed E-state index contributed by atoms with van der Waals surface area (Å²) in [4.78, 5) is 23.4. The first-order valence-electron chi connectivity index (χ1n) is 8.70. The van der Waals surface area contributed by atoms with Crippen molar-refractivity contribution >= 4 is 29.1 Å². The van der Waals surface area contributed by atoms with Gasteiger partial charge < -0.3 is 15.0 Å². The van der Waals surface area contributed by atoms with Gasteiger partial charge in [0.05, 0.1) is 18.4 Å². The van der Waals surface area contributed by atoms with E-state index in [-0.39, 0.29) is 5.91 Å². The number of anilines is 2. The second kappa shape index (κ2) is 7.91. The van der Waals surface area contributed by atoms with Gasteiger partial charge in [0.25, 0.3) is 5.91 Å². The number of piperidine rings is 1. The van der Waals surface area contributed by atoms with Crippen LogP contribution < -0.4 is 15.0 Å². The fourth-order valence-corrected chi connectivity index (χ4v) is 3.09. The molecule has 1 aliphatic heterocycles. The molecule has 0 atom stereocenters. The van der Waals surface area contributed by atoms with Crippen molar-refractivity contribution in [3.8, 4) is 5.75 Å². The molecule has 1 aromatic heterocycles. The van der Waals surface area contributed by atoms with Crippen LogP contribution in [0.5, 0.6) is 5.75 Å². The van der Waals surface area contributed by atoms with Crippen molar-refractivity contribution < 1.29 is 9.53 Å². The minimum absolute atomic E-state index is 0.288. The van der Waals surface area contributed by atoms with Crippen LogP contribution in [0.25, 0.3) is 0 Å². The maximum atomic E-state index is 12.5. The summed E-state index contributed by atoms with van der Waals surface area (Å²) >= 11 is 6.10. The fraction of sp³-hybridized carbons (Fsp3) is 0.421. The maximum absolute atomic E-state index is 12.5. The zero-order valence-corrected chi connectivity index (χ0v) is 16.0. The van der Waals surface area contributed by atoms with Gasteiger partial charge in [0.15, 0.2) is 0 Å². The van der Waals surface area contributed by atoms with Crippen LogP contribution in [0.15, 0.2) is 24.5 Å². The van der Waals surface area contributed by atoms with Crippen LogP contribution >= 0.6 is 11.6 Å². The molecule has 1 amide bonds. The van der Waals surface area contributed by atoms with Crippen LogP contribution in [-0.4, -0.2) is 36.1 Å². The van der Waals surface area contributed by atoms with Crippen molar-refractivity contribution in [2.24, 2.45) is 5.92 Å². The number of hydrogen-bond acceptors (Lipinski definition) is 5. The highest BCUT2D eigenvalue weighted by Gasteiger charge is 2.19. The third-order valence-electron chi connectivity index (χ3n) is 4.70. The predicted molar refractivity (Wildman–Crippen MR) is 103 cm³/mol. The van der Waals surface area contributed by atoms with Crippen molar-refractivity contribution in [3.05, 3.63) is 40.7 Å². The molecular weight excluding hydrogens is 352 g/mol. The highest BCUT2D eigenvalue weighted by atomic mass is 35.5. The molecule has 1 aromatic carbocycles. The molecule has 1 saturated heterocycles. The van der Waals surface area contributed by atoms with Crippen molar-refractivity contribution in [2.45, 2.75) is 26.7 Å². The third-order valence-corrected chi connectivity index (χ3v) is 5.10. The Balaban J connectivity index is 1.72. The number of carbonyl (C=O) groups is 1. The number of amides is 1. The molecular formula is C19H23ClN4O2. The predicted octanol–water partition coefficient (Wildman–Crippen LogP) is 3.94. The molecule has 0 saturated carbocycles. The number of hydrogen-bond donors (Lipinski definition) is 1. The molecule has 2 aromatic rings. The Bertz CT molecular complexity index is 787. The Hall–Kier alpha value is -2.34. The first-order valence-corrected chi connectivity index (χ1v) is 9.08. The Morgan fingerprint density at radius 3 is 2.54 bits per heavy atom. The van der Waals surface area contributed by atoms with E-state index in [1.807, 2.05) is 6.92 Å². The molecule has 6 nitrogen and oxygen atoms in total. The van der Waals surface area contributed by atoms with Crippen LogP contribution in [0.4, 0.5) is 11.6 Å². The Morgan fingerprint density at radius 2 is 1.92 bits per heavy atom. The lowest BCUT2D eigenvalue weighted by molar-refractivity contribution is 0.102. The molecule has 2 heterocycles. The molecule has 26 heavy (non-hydrogen) atoms. The number of benzene rings is 1. The minimum atomic E-state index is -0.288. The van der Waals surface area contributed by atoms with Gasteiger partial charge in [-0.1, -0.05) is 18.5 Å². The average Bonchev–Trinajstić information content (AvgIpc) is 2.65. The first kappa shape index (κ1) is 18.5. The second-order valence-corrected chi connectivity index (χ2v) is 7.10. The summed E-state index contributed by atoms with van der Waals surface area (Å²) in [6.07, 6.45) is 5.40. The molecule has 0 aliphatic carbocycles. The van der Waals surface area contributed by atoms with Crippen molar-refractivity contribution in [2.75, 3.05) is 30.4 Å². The number of nitrogens with zero attached hydrogens (tertiary/aromatic N) is 3. The molecule has 1 N–H and O–H groups in total. The Kier molecular flexibility index (Phi) is 5.61. The summed E-state index contributed by atoms with van der Waals surface area (Å²) in [6, 6.07) is 3.46. The Labute approximate surface area is 158 Å². The lowest BCUT2D eigenvalue weighted by atomic mass is 10.00. The lowest BCUT2D eigenvalue weighted by Crippen LogP contribution is -2.34. The van der Waals surface area contributed by atoms with E-state index in [9.17, 15) is 4.79 Å². The standard InChI is InChI=1S/C19H23ClN4O2/c1-12-4-6-24(7-5-12)19-21-10-14(11-22-19)18(25)23-16-8-13(2)15(20)9-17(16)26-3/h8-12H,4-7H2,1-3H3,(H,23,25). The van der Waals surface area contributed by atoms with Gasteiger partial charge in [0, 0.05) is 36.6 Å². The highest BCUT2D eigenvalue weighted by Crippen LogP contribution is 2.31. The molecule has 0 unspecified atom stereocenters. The van der Waals surface area contributed by atoms with Crippen LogP contribution in [0.3, 0.4) is 0 Å². The van der Waals surface area contributed by atoms with Crippen LogP contribution in [0, 0.1) is 12.8 Å². The van der Waals surface area contributed by atoms with Crippen molar-refractivity contribution in [1.82, 2.24) is 9.97 Å². The number of methoxy groups -OCH3 is 1. The van der Waals surface area contributed by atoms with Gasteiger partial charge in [-0.3, -0.25) is 4.79 Å². The molecule has 0 spiro atoms. The normalized spacial score (nSPS) is 15.0. The number of carbonyl (C=O) groups excluding carboxylic acids is 1. The van der Waals surface area contributed by atoms with Crippen molar-refractivity contribution in [3.63, 3.8) is 0 Å². The number of ether oxygens (including phenoxy) is 1.